The molecule has 0 unspecified atom stereocenters. The normalized spacial score (nSPS) is 11.0. The highest BCUT2D eigenvalue weighted by Gasteiger charge is 2.15. The standard InChI is InChI=1S/C27H42N2O/c1-4-6-8-9-10-11-12-18-27(30)29(19-7-5-2)23-26-17-14-20-28(26)22-25-16-13-15-24(3)21-25/h13-17,20-21H,4-12,18-19,22-23H2,1-3H3. The van der Waals surface area contributed by atoms with Crippen molar-refractivity contribution in [1.82, 2.24) is 9.47 Å². The van der Waals surface area contributed by atoms with E-state index in [0.717, 1.165) is 32.4 Å². The molecular formula is C27H42N2O. The molecule has 0 aliphatic carbocycles. The maximum atomic E-state index is 12.9. The maximum Gasteiger partial charge on any atom is 0.222 e. The predicted molar refractivity (Wildman–Crippen MR) is 128 cm³/mol. The lowest BCUT2D eigenvalue weighted by molar-refractivity contribution is -0.132. The first-order valence-electron chi connectivity index (χ1n) is 12.1. The lowest BCUT2D eigenvalue weighted by Gasteiger charge is -2.24. The van der Waals surface area contributed by atoms with E-state index in [0.29, 0.717) is 18.9 Å². The molecule has 3 nitrogen and oxygen atoms in total. The Morgan fingerprint density at radius 1 is 0.900 bits per heavy atom. The zero-order valence-electron chi connectivity index (χ0n) is 19.5. The number of hydrogen-bond acceptors (Lipinski definition) is 1. The second kappa shape index (κ2) is 14.1. The summed E-state index contributed by atoms with van der Waals surface area (Å²) in [5.41, 5.74) is 3.82. The van der Waals surface area contributed by atoms with E-state index in [4.69, 9.17) is 0 Å². The van der Waals surface area contributed by atoms with Crippen molar-refractivity contribution in [3.8, 4) is 0 Å². The van der Waals surface area contributed by atoms with Crippen molar-refractivity contribution in [2.45, 2.75) is 98.1 Å². The summed E-state index contributed by atoms with van der Waals surface area (Å²) < 4.78 is 2.29. The summed E-state index contributed by atoms with van der Waals surface area (Å²) in [5, 5.41) is 0. The van der Waals surface area contributed by atoms with Crippen LogP contribution in [-0.4, -0.2) is 21.9 Å². The molecule has 0 saturated heterocycles. The van der Waals surface area contributed by atoms with Crippen LogP contribution in [0.4, 0.5) is 0 Å². The molecule has 0 radical (unpaired) electrons. The summed E-state index contributed by atoms with van der Waals surface area (Å²) in [7, 11) is 0. The number of unbranched alkanes of at least 4 members (excludes halogenated alkanes) is 7. The Morgan fingerprint density at radius 2 is 1.63 bits per heavy atom. The highest BCUT2D eigenvalue weighted by Crippen LogP contribution is 2.15. The molecule has 0 fully saturated rings. The smallest absolute Gasteiger partial charge is 0.222 e. The van der Waals surface area contributed by atoms with Crippen LogP contribution in [0.5, 0.6) is 0 Å². The first-order valence-corrected chi connectivity index (χ1v) is 12.1. The average molecular weight is 411 g/mol. The molecule has 0 aliphatic rings. The van der Waals surface area contributed by atoms with E-state index in [2.05, 4.69) is 72.8 Å². The quantitative estimate of drug-likeness (QED) is 0.287. The average Bonchev–Trinajstić information content (AvgIpc) is 3.16. The van der Waals surface area contributed by atoms with Gasteiger partial charge in [0.05, 0.1) is 6.54 Å². The maximum absolute atomic E-state index is 12.9. The van der Waals surface area contributed by atoms with E-state index in [-0.39, 0.29) is 0 Å². The van der Waals surface area contributed by atoms with Crippen LogP contribution in [0.15, 0.2) is 42.6 Å². The fraction of sp³-hybridized carbons (Fsp3) is 0.593. The number of rotatable bonds is 15. The Labute approximate surface area is 184 Å². The van der Waals surface area contributed by atoms with Crippen molar-refractivity contribution >= 4 is 5.91 Å². The molecule has 0 N–H and O–H groups in total. The van der Waals surface area contributed by atoms with Crippen LogP contribution in [0.25, 0.3) is 0 Å². The van der Waals surface area contributed by atoms with Crippen LogP contribution in [0.3, 0.4) is 0 Å². The van der Waals surface area contributed by atoms with Gasteiger partial charge >= 0.3 is 0 Å². The topological polar surface area (TPSA) is 25.2 Å². The lowest BCUT2D eigenvalue weighted by Crippen LogP contribution is -2.32. The molecule has 0 spiro atoms. The van der Waals surface area contributed by atoms with Gasteiger partial charge in [-0.1, -0.05) is 88.6 Å². The number of aromatic nitrogens is 1. The SMILES string of the molecule is CCCCCCCCCC(=O)N(CCCC)Cc1cccn1Cc1cccc(C)c1. The van der Waals surface area contributed by atoms with Gasteiger partial charge in [-0.3, -0.25) is 4.79 Å². The predicted octanol–water partition coefficient (Wildman–Crippen LogP) is 7.11. The molecule has 3 heteroatoms. The third-order valence-electron chi connectivity index (χ3n) is 5.84. The van der Waals surface area contributed by atoms with Gasteiger partial charge in [-0.05, 0) is 37.5 Å². The Kier molecular flexibility index (Phi) is 11.4. The first-order chi connectivity index (χ1) is 14.6. The largest absolute Gasteiger partial charge is 0.345 e. The highest BCUT2D eigenvalue weighted by atomic mass is 16.2. The summed E-state index contributed by atoms with van der Waals surface area (Å²) in [5.74, 6) is 0.320. The van der Waals surface area contributed by atoms with Gasteiger partial charge in [0.2, 0.25) is 5.91 Å². The van der Waals surface area contributed by atoms with E-state index < -0.39 is 0 Å². The minimum Gasteiger partial charge on any atom is -0.345 e. The molecule has 0 saturated carbocycles. The summed E-state index contributed by atoms with van der Waals surface area (Å²) in [6, 6.07) is 12.9. The minimum atomic E-state index is 0.320. The number of nitrogens with zero attached hydrogens (tertiary/aromatic N) is 2. The van der Waals surface area contributed by atoms with E-state index in [1.807, 2.05) is 0 Å². The Morgan fingerprint density at radius 3 is 2.37 bits per heavy atom. The monoisotopic (exact) mass is 410 g/mol. The molecule has 0 bridgehead atoms. The Balaban J connectivity index is 1.89. The Hall–Kier alpha value is -2.03. The van der Waals surface area contributed by atoms with E-state index >= 15 is 0 Å². The zero-order chi connectivity index (χ0) is 21.6. The lowest BCUT2D eigenvalue weighted by atomic mass is 10.1. The highest BCUT2D eigenvalue weighted by molar-refractivity contribution is 5.76. The van der Waals surface area contributed by atoms with Crippen molar-refractivity contribution in [3.05, 3.63) is 59.4 Å². The zero-order valence-corrected chi connectivity index (χ0v) is 19.5. The van der Waals surface area contributed by atoms with Gasteiger partial charge in [-0.2, -0.15) is 0 Å². The summed E-state index contributed by atoms with van der Waals surface area (Å²) in [6.07, 6.45) is 13.8. The minimum absolute atomic E-state index is 0.320. The second-order valence-electron chi connectivity index (χ2n) is 8.66. The van der Waals surface area contributed by atoms with Crippen LogP contribution in [0, 0.1) is 6.92 Å². The van der Waals surface area contributed by atoms with Gasteiger partial charge in [-0.25, -0.2) is 0 Å². The fourth-order valence-electron chi connectivity index (χ4n) is 3.98. The number of hydrogen-bond donors (Lipinski definition) is 0. The molecule has 1 amide bonds. The van der Waals surface area contributed by atoms with Crippen molar-refractivity contribution < 1.29 is 4.79 Å². The Bertz CT molecular complexity index is 734. The first kappa shape index (κ1) is 24.2. The number of benzene rings is 1. The van der Waals surface area contributed by atoms with Crippen LogP contribution in [0.1, 0.15) is 94.9 Å². The number of carbonyl (C=O) groups excluding carboxylic acids is 1. The molecule has 0 aliphatic heterocycles. The summed E-state index contributed by atoms with van der Waals surface area (Å²) in [4.78, 5) is 15.0. The van der Waals surface area contributed by atoms with Gasteiger partial charge < -0.3 is 9.47 Å². The van der Waals surface area contributed by atoms with Gasteiger partial charge in [0.25, 0.3) is 0 Å². The summed E-state index contributed by atoms with van der Waals surface area (Å²) in [6.45, 7) is 9.02. The van der Waals surface area contributed by atoms with Gasteiger partial charge in [0.1, 0.15) is 0 Å². The van der Waals surface area contributed by atoms with Crippen LogP contribution in [-0.2, 0) is 17.9 Å². The number of amides is 1. The molecule has 1 aromatic carbocycles. The third-order valence-corrected chi connectivity index (χ3v) is 5.84. The molecule has 30 heavy (non-hydrogen) atoms. The molecule has 2 rings (SSSR count). The van der Waals surface area contributed by atoms with Gasteiger partial charge in [0, 0.05) is 31.4 Å². The van der Waals surface area contributed by atoms with Crippen molar-refractivity contribution in [1.29, 1.82) is 0 Å². The van der Waals surface area contributed by atoms with E-state index in [9.17, 15) is 4.79 Å². The van der Waals surface area contributed by atoms with Gasteiger partial charge in [0.15, 0.2) is 0 Å². The van der Waals surface area contributed by atoms with E-state index in [1.165, 1.54) is 55.3 Å². The van der Waals surface area contributed by atoms with Crippen molar-refractivity contribution in [2.75, 3.05) is 6.54 Å². The number of aryl methyl sites for hydroxylation is 1. The molecule has 0 atom stereocenters. The molecule has 1 heterocycles. The van der Waals surface area contributed by atoms with E-state index in [1.54, 1.807) is 0 Å². The third kappa shape index (κ3) is 8.77. The fourth-order valence-corrected chi connectivity index (χ4v) is 3.98. The van der Waals surface area contributed by atoms with Crippen LogP contribution >= 0.6 is 0 Å². The molecule has 166 valence electrons. The molecule has 1 aromatic heterocycles. The summed E-state index contributed by atoms with van der Waals surface area (Å²) >= 11 is 0. The molecule has 2 aromatic rings. The van der Waals surface area contributed by atoms with Crippen molar-refractivity contribution in [3.63, 3.8) is 0 Å². The van der Waals surface area contributed by atoms with Gasteiger partial charge in [-0.15, -0.1) is 0 Å². The number of carbonyl (C=O) groups is 1. The van der Waals surface area contributed by atoms with Crippen LogP contribution < -0.4 is 0 Å². The van der Waals surface area contributed by atoms with Crippen LogP contribution in [0.2, 0.25) is 0 Å². The molecular weight excluding hydrogens is 368 g/mol. The van der Waals surface area contributed by atoms with Crippen molar-refractivity contribution in [2.24, 2.45) is 0 Å². The second-order valence-corrected chi connectivity index (χ2v) is 8.66.